The van der Waals surface area contributed by atoms with Gasteiger partial charge >= 0.3 is 0 Å². The van der Waals surface area contributed by atoms with Gasteiger partial charge in [-0.05, 0) is 22.4 Å². The minimum Gasteiger partial charge on any atom is -0.493 e. The van der Waals surface area contributed by atoms with Crippen molar-refractivity contribution in [2.24, 2.45) is 0 Å². The number of ether oxygens (including phenoxy) is 1. The molecule has 0 saturated carbocycles. The maximum Gasteiger partial charge on any atom is 0.159 e. The summed E-state index contributed by atoms with van der Waals surface area (Å²) in [6, 6.07) is 8.17. The Morgan fingerprint density at radius 2 is 1.93 bits per heavy atom. The van der Waals surface area contributed by atoms with Crippen LogP contribution in [-0.4, -0.2) is 12.1 Å². The Morgan fingerprint density at radius 1 is 1.27 bits per heavy atom. The fourth-order valence-electron chi connectivity index (χ4n) is 1.74. The number of aromatic nitrogens is 1. The zero-order chi connectivity index (χ0) is 10.8. The first kappa shape index (κ1) is 10.4. The normalized spacial score (nSPS) is 10.6. The fraction of sp³-hybridized carbons (Fsp3) is 0.250. The van der Waals surface area contributed by atoms with Crippen LogP contribution in [0.2, 0.25) is 0 Å². The first-order valence-corrected chi connectivity index (χ1v) is 5.68. The predicted octanol–water partition coefficient (Wildman–Crippen LogP) is 3.57. The van der Waals surface area contributed by atoms with E-state index in [1.807, 2.05) is 12.1 Å². The molecule has 78 valence electrons. The van der Waals surface area contributed by atoms with E-state index < -0.39 is 0 Å². The van der Waals surface area contributed by atoms with Crippen LogP contribution < -0.4 is 4.74 Å². The van der Waals surface area contributed by atoms with Crippen LogP contribution in [0.4, 0.5) is 0 Å². The molecule has 2 nitrogen and oxygen atoms in total. The van der Waals surface area contributed by atoms with Gasteiger partial charge in [-0.3, -0.25) is 0 Å². The van der Waals surface area contributed by atoms with Gasteiger partial charge in [0.2, 0.25) is 0 Å². The van der Waals surface area contributed by atoms with Gasteiger partial charge in [-0.15, -0.1) is 0 Å². The average Bonchev–Trinajstić information content (AvgIpc) is 2.28. The van der Waals surface area contributed by atoms with E-state index in [4.69, 9.17) is 4.74 Å². The van der Waals surface area contributed by atoms with Gasteiger partial charge in [-0.25, -0.2) is 4.98 Å². The number of fused-ring (bicyclic) bond motifs is 1. The van der Waals surface area contributed by atoms with Crippen LogP contribution in [0, 0.1) is 0 Å². The number of pyridine rings is 1. The molecule has 1 aromatic carbocycles. The molecule has 0 radical (unpaired) electrons. The minimum atomic E-state index is 0.778. The second-order valence-corrected chi connectivity index (χ2v) is 4.03. The largest absolute Gasteiger partial charge is 0.493 e. The van der Waals surface area contributed by atoms with Gasteiger partial charge in [0.15, 0.2) is 5.75 Å². The van der Waals surface area contributed by atoms with Crippen LogP contribution in [0.15, 0.2) is 28.9 Å². The summed E-state index contributed by atoms with van der Waals surface area (Å²) in [5, 5.41) is 2.28. The van der Waals surface area contributed by atoms with E-state index in [1.54, 1.807) is 7.11 Å². The summed E-state index contributed by atoms with van der Waals surface area (Å²) in [5.74, 6) is 0.808. The lowest BCUT2D eigenvalue weighted by Gasteiger charge is -2.10. The first-order valence-electron chi connectivity index (χ1n) is 4.89. The molecule has 0 spiro atoms. The summed E-state index contributed by atoms with van der Waals surface area (Å²) in [5.41, 5.74) is 1.10. The highest BCUT2D eigenvalue weighted by Gasteiger charge is 2.10. The Morgan fingerprint density at radius 3 is 2.53 bits per heavy atom. The zero-order valence-electron chi connectivity index (χ0n) is 8.75. The van der Waals surface area contributed by atoms with Gasteiger partial charge in [0.1, 0.15) is 4.60 Å². The van der Waals surface area contributed by atoms with Gasteiger partial charge in [0.25, 0.3) is 0 Å². The summed E-state index contributed by atoms with van der Waals surface area (Å²) < 4.78 is 6.13. The third-order valence-corrected chi connectivity index (χ3v) is 2.98. The zero-order valence-corrected chi connectivity index (χ0v) is 10.3. The van der Waals surface area contributed by atoms with E-state index >= 15 is 0 Å². The molecule has 1 heterocycles. The van der Waals surface area contributed by atoms with E-state index in [2.05, 4.69) is 40.0 Å². The molecule has 0 aliphatic heterocycles. The predicted molar refractivity (Wildman–Crippen MR) is 65.4 cm³/mol. The Balaban J connectivity index is 2.86. The lowest BCUT2D eigenvalue weighted by atomic mass is 10.1. The Kier molecular flexibility index (Phi) is 2.91. The maximum atomic E-state index is 5.35. The van der Waals surface area contributed by atoms with Gasteiger partial charge < -0.3 is 4.74 Å². The second-order valence-electron chi connectivity index (χ2n) is 3.28. The standard InChI is InChI=1S/C12H12BrNO/c1-3-10-8-6-4-5-7-9(8)11(15-2)12(13)14-10/h4-7H,3H2,1-2H3. The molecule has 0 fully saturated rings. The van der Waals surface area contributed by atoms with E-state index in [0.29, 0.717) is 0 Å². The monoisotopic (exact) mass is 265 g/mol. The van der Waals surface area contributed by atoms with Crippen molar-refractivity contribution in [2.75, 3.05) is 7.11 Å². The SMILES string of the molecule is CCc1nc(Br)c(OC)c2ccccc12. The lowest BCUT2D eigenvalue weighted by Crippen LogP contribution is -1.95. The molecule has 0 bridgehead atoms. The fourth-order valence-corrected chi connectivity index (χ4v) is 2.33. The van der Waals surface area contributed by atoms with Crippen molar-refractivity contribution in [3.05, 3.63) is 34.6 Å². The van der Waals surface area contributed by atoms with Crippen molar-refractivity contribution < 1.29 is 4.74 Å². The molecule has 15 heavy (non-hydrogen) atoms. The molecule has 0 saturated heterocycles. The van der Waals surface area contributed by atoms with Crippen molar-refractivity contribution in [1.29, 1.82) is 0 Å². The highest BCUT2D eigenvalue weighted by molar-refractivity contribution is 9.10. The van der Waals surface area contributed by atoms with Crippen LogP contribution in [0.3, 0.4) is 0 Å². The molecule has 2 aromatic rings. The first-order chi connectivity index (χ1) is 7.27. The summed E-state index contributed by atoms with van der Waals surface area (Å²) in [4.78, 5) is 4.48. The third kappa shape index (κ3) is 1.72. The van der Waals surface area contributed by atoms with Crippen molar-refractivity contribution in [2.45, 2.75) is 13.3 Å². The molecule has 0 amide bonds. The number of nitrogens with zero attached hydrogens (tertiary/aromatic N) is 1. The lowest BCUT2D eigenvalue weighted by molar-refractivity contribution is 0.415. The number of hydrogen-bond donors (Lipinski definition) is 0. The molecule has 3 heteroatoms. The van der Waals surface area contributed by atoms with Crippen LogP contribution in [0.1, 0.15) is 12.6 Å². The number of rotatable bonds is 2. The van der Waals surface area contributed by atoms with Crippen molar-refractivity contribution in [3.63, 3.8) is 0 Å². The molecule has 1 aromatic heterocycles. The Labute approximate surface area is 97.4 Å². The summed E-state index contributed by atoms with van der Waals surface area (Å²) >= 11 is 3.43. The van der Waals surface area contributed by atoms with Crippen LogP contribution in [0.25, 0.3) is 10.8 Å². The van der Waals surface area contributed by atoms with E-state index in [-0.39, 0.29) is 0 Å². The molecule has 0 N–H and O–H groups in total. The van der Waals surface area contributed by atoms with Gasteiger partial charge in [-0.1, -0.05) is 31.2 Å². The van der Waals surface area contributed by atoms with E-state index in [1.165, 1.54) is 5.39 Å². The van der Waals surface area contributed by atoms with Gasteiger partial charge in [0.05, 0.1) is 7.11 Å². The smallest absolute Gasteiger partial charge is 0.159 e. The number of aryl methyl sites for hydroxylation is 1. The molecule has 0 aliphatic rings. The molecule has 0 unspecified atom stereocenters. The topological polar surface area (TPSA) is 22.1 Å². The Bertz CT molecular complexity index is 496. The molecular weight excluding hydrogens is 254 g/mol. The van der Waals surface area contributed by atoms with Gasteiger partial charge in [0, 0.05) is 16.5 Å². The third-order valence-electron chi connectivity index (χ3n) is 2.44. The number of halogens is 1. The molecule has 2 rings (SSSR count). The summed E-state index contributed by atoms with van der Waals surface area (Å²) in [6.45, 7) is 2.10. The maximum absolute atomic E-state index is 5.35. The number of benzene rings is 1. The highest BCUT2D eigenvalue weighted by Crippen LogP contribution is 2.33. The van der Waals surface area contributed by atoms with Crippen LogP contribution >= 0.6 is 15.9 Å². The van der Waals surface area contributed by atoms with Crippen LogP contribution in [0.5, 0.6) is 5.75 Å². The molecule has 0 aliphatic carbocycles. The number of hydrogen-bond acceptors (Lipinski definition) is 2. The van der Waals surface area contributed by atoms with E-state index in [0.717, 1.165) is 27.9 Å². The second kappa shape index (κ2) is 4.19. The van der Waals surface area contributed by atoms with Crippen LogP contribution in [-0.2, 0) is 6.42 Å². The van der Waals surface area contributed by atoms with Crippen molar-refractivity contribution >= 4 is 26.7 Å². The molecular formula is C12H12BrNO. The Hall–Kier alpha value is -1.09. The molecule has 0 atom stereocenters. The number of methoxy groups -OCH3 is 1. The average molecular weight is 266 g/mol. The summed E-state index contributed by atoms with van der Waals surface area (Å²) in [6.07, 6.45) is 0.920. The van der Waals surface area contributed by atoms with E-state index in [9.17, 15) is 0 Å². The minimum absolute atomic E-state index is 0.778. The quantitative estimate of drug-likeness (QED) is 0.775. The van der Waals surface area contributed by atoms with Crippen molar-refractivity contribution in [1.82, 2.24) is 4.98 Å². The highest BCUT2D eigenvalue weighted by atomic mass is 79.9. The van der Waals surface area contributed by atoms with Gasteiger partial charge in [-0.2, -0.15) is 0 Å². The van der Waals surface area contributed by atoms with Crippen molar-refractivity contribution in [3.8, 4) is 5.75 Å². The summed E-state index contributed by atoms with van der Waals surface area (Å²) in [7, 11) is 1.67.